The summed E-state index contributed by atoms with van der Waals surface area (Å²) >= 11 is 0. The first-order valence-corrected chi connectivity index (χ1v) is 13.0. The molecular formula is C26H50O6. The Labute approximate surface area is 196 Å². The summed E-state index contributed by atoms with van der Waals surface area (Å²) in [5.41, 5.74) is 0. The maximum atomic E-state index is 11.7. The van der Waals surface area contributed by atoms with Crippen molar-refractivity contribution in [1.82, 2.24) is 0 Å². The van der Waals surface area contributed by atoms with Gasteiger partial charge in [-0.1, -0.05) is 70.4 Å². The molecule has 0 aliphatic carbocycles. The molecule has 1 atom stereocenters. The van der Waals surface area contributed by atoms with Gasteiger partial charge in [0.2, 0.25) is 0 Å². The molecule has 0 aromatic carbocycles. The van der Waals surface area contributed by atoms with Crippen LogP contribution in [0.5, 0.6) is 0 Å². The van der Waals surface area contributed by atoms with E-state index in [1.54, 1.807) is 0 Å². The van der Waals surface area contributed by atoms with E-state index >= 15 is 0 Å². The molecule has 2 N–H and O–H groups in total. The summed E-state index contributed by atoms with van der Waals surface area (Å²) in [6.45, 7) is 4.63. The molecular weight excluding hydrogens is 408 g/mol. The van der Waals surface area contributed by atoms with Crippen molar-refractivity contribution < 1.29 is 29.2 Å². The molecule has 0 radical (unpaired) electrons. The Morgan fingerprint density at radius 1 is 0.781 bits per heavy atom. The van der Waals surface area contributed by atoms with E-state index in [0.717, 1.165) is 51.4 Å². The fraction of sp³-hybridized carbons (Fsp3) is 0.885. The van der Waals surface area contributed by atoms with Crippen molar-refractivity contribution in [3.63, 3.8) is 0 Å². The van der Waals surface area contributed by atoms with Crippen LogP contribution in [0.25, 0.3) is 0 Å². The third-order valence-electron chi connectivity index (χ3n) is 5.22. The Morgan fingerprint density at radius 2 is 1.38 bits per heavy atom. The highest BCUT2D eigenvalue weighted by molar-refractivity contribution is 5.69. The largest absolute Gasteiger partial charge is 0.461 e. The molecule has 0 aliphatic rings. The van der Waals surface area contributed by atoms with Crippen molar-refractivity contribution in [2.45, 2.75) is 109 Å². The Morgan fingerprint density at radius 3 is 2.06 bits per heavy atom. The van der Waals surface area contributed by atoms with E-state index in [0.29, 0.717) is 32.8 Å². The molecule has 6 heteroatoms. The van der Waals surface area contributed by atoms with Crippen LogP contribution in [0.1, 0.15) is 103 Å². The molecule has 0 aliphatic heterocycles. The third-order valence-corrected chi connectivity index (χ3v) is 5.22. The molecule has 0 saturated heterocycles. The summed E-state index contributed by atoms with van der Waals surface area (Å²) in [6.07, 6.45) is 19.2. The standard InChI is InChI=1S/C26H50O6/c1-2-3-4-5-6-7-8-10-17-22-32-26(29)18-13-12-16-21-31-24-25(28)23-30-20-15-11-9-14-19-27/h10,17,25,27-28H,2-9,11-16,18-24H2,1H3/b17-10-. The van der Waals surface area contributed by atoms with Gasteiger partial charge in [0.1, 0.15) is 12.7 Å². The lowest BCUT2D eigenvalue weighted by molar-refractivity contribution is -0.142. The lowest BCUT2D eigenvalue weighted by atomic mass is 10.1. The van der Waals surface area contributed by atoms with Crippen LogP contribution in [0.4, 0.5) is 0 Å². The highest BCUT2D eigenvalue weighted by Crippen LogP contribution is 2.07. The van der Waals surface area contributed by atoms with Crippen molar-refractivity contribution in [2.24, 2.45) is 0 Å². The minimum Gasteiger partial charge on any atom is -0.461 e. The van der Waals surface area contributed by atoms with Crippen LogP contribution < -0.4 is 0 Å². The number of esters is 1. The van der Waals surface area contributed by atoms with Gasteiger partial charge in [0.25, 0.3) is 0 Å². The van der Waals surface area contributed by atoms with Gasteiger partial charge in [0.15, 0.2) is 0 Å². The summed E-state index contributed by atoms with van der Waals surface area (Å²) in [5, 5.41) is 18.5. The molecule has 0 heterocycles. The second-order valence-corrected chi connectivity index (χ2v) is 8.46. The average Bonchev–Trinajstić information content (AvgIpc) is 2.79. The van der Waals surface area contributed by atoms with Crippen LogP contribution >= 0.6 is 0 Å². The number of hydrogen-bond acceptors (Lipinski definition) is 6. The second-order valence-electron chi connectivity index (χ2n) is 8.46. The minimum absolute atomic E-state index is 0.140. The Balaban J connectivity index is 3.32. The first-order valence-electron chi connectivity index (χ1n) is 13.0. The zero-order valence-electron chi connectivity index (χ0n) is 20.6. The molecule has 0 saturated carbocycles. The molecule has 6 nitrogen and oxygen atoms in total. The zero-order chi connectivity index (χ0) is 23.5. The smallest absolute Gasteiger partial charge is 0.306 e. The molecule has 0 spiro atoms. The van der Waals surface area contributed by atoms with Crippen LogP contribution in [0, 0.1) is 0 Å². The van der Waals surface area contributed by atoms with Crippen LogP contribution in [0.3, 0.4) is 0 Å². The Bertz CT molecular complexity index is 413. The Hall–Kier alpha value is -0.950. The van der Waals surface area contributed by atoms with E-state index < -0.39 is 6.10 Å². The van der Waals surface area contributed by atoms with Crippen LogP contribution in [0.15, 0.2) is 12.2 Å². The maximum absolute atomic E-state index is 11.7. The van der Waals surface area contributed by atoms with Crippen molar-refractivity contribution in [3.8, 4) is 0 Å². The summed E-state index contributed by atoms with van der Waals surface area (Å²) in [5.74, 6) is -0.140. The number of carbonyl (C=O) groups excluding carboxylic acids is 1. The van der Waals surface area contributed by atoms with Crippen molar-refractivity contribution in [1.29, 1.82) is 0 Å². The number of aliphatic hydroxyl groups excluding tert-OH is 2. The number of unbranched alkanes of at least 4 members (excludes halogenated alkanes) is 11. The fourth-order valence-electron chi connectivity index (χ4n) is 3.25. The van der Waals surface area contributed by atoms with E-state index in [1.807, 2.05) is 6.08 Å². The Kier molecular flexibility index (Phi) is 25.5. The molecule has 1 unspecified atom stereocenters. The van der Waals surface area contributed by atoms with Crippen molar-refractivity contribution in [3.05, 3.63) is 12.2 Å². The number of ether oxygens (including phenoxy) is 3. The molecule has 190 valence electrons. The number of aliphatic hydroxyl groups is 2. The predicted octanol–water partition coefficient (Wildman–Crippen LogP) is 5.34. The lowest BCUT2D eigenvalue weighted by Gasteiger charge is -2.12. The SMILES string of the molecule is CCCCCCCC/C=C\COC(=O)CCCCCOCC(O)COCCCCCCO. The van der Waals surface area contributed by atoms with Gasteiger partial charge in [-0.2, -0.15) is 0 Å². The third kappa shape index (κ3) is 25.3. The van der Waals surface area contributed by atoms with E-state index in [1.165, 1.54) is 38.5 Å². The fourth-order valence-corrected chi connectivity index (χ4v) is 3.25. The summed E-state index contributed by atoms with van der Waals surface area (Å²) in [4.78, 5) is 11.7. The van der Waals surface area contributed by atoms with Gasteiger partial charge in [-0.3, -0.25) is 4.79 Å². The van der Waals surface area contributed by atoms with Crippen LogP contribution in [-0.2, 0) is 19.0 Å². The summed E-state index contributed by atoms with van der Waals surface area (Å²) < 4.78 is 16.1. The number of carbonyl (C=O) groups is 1. The second kappa shape index (κ2) is 26.3. The minimum atomic E-state index is -0.600. The van der Waals surface area contributed by atoms with Gasteiger partial charge in [-0.25, -0.2) is 0 Å². The first kappa shape index (κ1) is 31.0. The summed E-state index contributed by atoms with van der Waals surface area (Å²) in [6, 6.07) is 0. The van der Waals surface area contributed by atoms with Gasteiger partial charge in [-0.15, -0.1) is 0 Å². The highest BCUT2D eigenvalue weighted by Gasteiger charge is 2.05. The normalized spacial score (nSPS) is 12.5. The van der Waals surface area contributed by atoms with Crippen LogP contribution in [0.2, 0.25) is 0 Å². The predicted molar refractivity (Wildman–Crippen MR) is 130 cm³/mol. The molecule has 0 amide bonds. The lowest BCUT2D eigenvalue weighted by Crippen LogP contribution is -2.22. The van der Waals surface area contributed by atoms with Crippen LogP contribution in [-0.4, -0.2) is 61.9 Å². The van der Waals surface area contributed by atoms with E-state index in [-0.39, 0.29) is 19.2 Å². The number of allylic oxidation sites excluding steroid dienone is 1. The molecule has 32 heavy (non-hydrogen) atoms. The van der Waals surface area contributed by atoms with Crippen molar-refractivity contribution in [2.75, 3.05) is 39.6 Å². The molecule has 0 fully saturated rings. The topological polar surface area (TPSA) is 85.2 Å². The molecule has 0 aromatic rings. The van der Waals surface area contributed by atoms with Crippen molar-refractivity contribution >= 4 is 5.97 Å². The first-order chi connectivity index (χ1) is 15.7. The number of hydrogen-bond donors (Lipinski definition) is 2. The van der Waals surface area contributed by atoms with Gasteiger partial charge in [0, 0.05) is 26.2 Å². The van der Waals surface area contributed by atoms with E-state index in [4.69, 9.17) is 19.3 Å². The highest BCUT2D eigenvalue weighted by atomic mass is 16.5. The van der Waals surface area contributed by atoms with Gasteiger partial charge >= 0.3 is 5.97 Å². The van der Waals surface area contributed by atoms with Gasteiger partial charge < -0.3 is 24.4 Å². The van der Waals surface area contributed by atoms with E-state index in [2.05, 4.69) is 13.0 Å². The van der Waals surface area contributed by atoms with Gasteiger partial charge in [-0.05, 0) is 38.5 Å². The molecule has 0 aromatic heterocycles. The maximum Gasteiger partial charge on any atom is 0.306 e. The van der Waals surface area contributed by atoms with Gasteiger partial charge in [0.05, 0.1) is 13.2 Å². The zero-order valence-corrected chi connectivity index (χ0v) is 20.6. The average molecular weight is 459 g/mol. The summed E-state index contributed by atoms with van der Waals surface area (Å²) in [7, 11) is 0. The number of rotatable bonds is 25. The quantitative estimate of drug-likeness (QED) is 0.109. The molecule has 0 rings (SSSR count). The monoisotopic (exact) mass is 458 g/mol. The molecule has 0 bridgehead atoms. The van der Waals surface area contributed by atoms with E-state index in [9.17, 15) is 9.90 Å².